The fourth-order valence-electron chi connectivity index (χ4n) is 3.84. The van der Waals surface area contributed by atoms with Gasteiger partial charge < -0.3 is 10.2 Å². The third kappa shape index (κ3) is 4.91. The highest BCUT2D eigenvalue weighted by molar-refractivity contribution is 7.89. The summed E-state index contributed by atoms with van der Waals surface area (Å²) in [6.07, 6.45) is 4.02. The molecule has 2 saturated heterocycles. The van der Waals surface area contributed by atoms with Crippen molar-refractivity contribution in [1.82, 2.24) is 9.21 Å². The first-order valence-electron chi connectivity index (χ1n) is 10.1. The fraction of sp³-hybridized carbons (Fsp3) is 0.600. The number of carbonyl (C=O) groups is 2. The molecule has 7 nitrogen and oxygen atoms in total. The molecule has 1 N–H and O–H groups in total. The van der Waals surface area contributed by atoms with E-state index in [4.69, 9.17) is 0 Å². The zero-order chi connectivity index (χ0) is 20.1. The molecule has 0 aromatic heterocycles. The Morgan fingerprint density at radius 2 is 1.75 bits per heavy atom. The molecule has 1 atom stereocenters. The molecule has 3 rings (SSSR count). The van der Waals surface area contributed by atoms with Gasteiger partial charge in [-0.15, -0.1) is 0 Å². The summed E-state index contributed by atoms with van der Waals surface area (Å²) in [5.41, 5.74) is 1.24. The van der Waals surface area contributed by atoms with E-state index in [0.717, 1.165) is 25.9 Å². The van der Waals surface area contributed by atoms with E-state index in [1.807, 2.05) is 11.8 Å². The number of hydrogen-bond donors (Lipinski definition) is 1. The van der Waals surface area contributed by atoms with Gasteiger partial charge in [-0.1, -0.05) is 6.92 Å². The number of likely N-dealkylation sites (tertiary alicyclic amines) is 1. The lowest BCUT2D eigenvalue weighted by Crippen LogP contribution is -2.44. The predicted octanol–water partition coefficient (Wildman–Crippen LogP) is 2.31. The standard InChI is InChI=1S/C20H29N3O4S/c1-2-14-28(26,27)23-13-5-6-17(15-23)19(24)21-18-9-7-16(8-10-18)20(25)22-11-3-4-12-22/h7-10,17H,2-6,11-15H2,1H3,(H,21,24). The van der Waals surface area contributed by atoms with Crippen LogP contribution < -0.4 is 5.32 Å². The van der Waals surface area contributed by atoms with Crippen molar-refractivity contribution in [3.8, 4) is 0 Å². The van der Waals surface area contributed by atoms with Crippen LogP contribution in [-0.4, -0.2) is 61.4 Å². The van der Waals surface area contributed by atoms with E-state index in [2.05, 4.69) is 5.32 Å². The SMILES string of the molecule is CCCS(=O)(=O)N1CCCC(C(=O)Nc2ccc(C(=O)N3CCCC3)cc2)C1. The molecule has 0 saturated carbocycles. The summed E-state index contributed by atoms with van der Waals surface area (Å²) in [6, 6.07) is 6.93. The van der Waals surface area contributed by atoms with E-state index in [9.17, 15) is 18.0 Å². The Hall–Kier alpha value is -1.93. The second-order valence-corrected chi connectivity index (χ2v) is 9.67. The van der Waals surface area contributed by atoms with Gasteiger partial charge in [0.1, 0.15) is 0 Å². The average molecular weight is 408 g/mol. The Labute approximate surface area is 167 Å². The van der Waals surface area contributed by atoms with E-state index in [-0.39, 0.29) is 30.0 Å². The highest BCUT2D eigenvalue weighted by Gasteiger charge is 2.31. The maximum atomic E-state index is 12.6. The van der Waals surface area contributed by atoms with Crippen LogP contribution in [0.25, 0.3) is 0 Å². The number of piperidine rings is 1. The van der Waals surface area contributed by atoms with Gasteiger partial charge in [-0.25, -0.2) is 12.7 Å². The number of anilines is 1. The van der Waals surface area contributed by atoms with Crippen molar-refractivity contribution in [1.29, 1.82) is 0 Å². The van der Waals surface area contributed by atoms with E-state index in [0.29, 0.717) is 37.1 Å². The number of carbonyl (C=O) groups excluding carboxylic acids is 2. The highest BCUT2D eigenvalue weighted by atomic mass is 32.2. The number of amides is 2. The van der Waals surface area contributed by atoms with Crippen molar-refractivity contribution in [2.24, 2.45) is 5.92 Å². The van der Waals surface area contributed by atoms with Gasteiger partial charge in [0.05, 0.1) is 11.7 Å². The van der Waals surface area contributed by atoms with Crippen molar-refractivity contribution in [3.63, 3.8) is 0 Å². The Bertz CT molecular complexity index is 801. The van der Waals surface area contributed by atoms with Gasteiger partial charge in [0.15, 0.2) is 0 Å². The minimum Gasteiger partial charge on any atom is -0.339 e. The van der Waals surface area contributed by atoms with Gasteiger partial charge in [0.2, 0.25) is 15.9 Å². The average Bonchev–Trinajstić information content (AvgIpc) is 3.23. The van der Waals surface area contributed by atoms with Gasteiger partial charge in [-0.05, 0) is 56.4 Å². The molecule has 2 heterocycles. The number of rotatable bonds is 6. The molecular weight excluding hydrogens is 378 g/mol. The maximum Gasteiger partial charge on any atom is 0.253 e. The largest absolute Gasteiger partial charge is 0.339 e. The van der Waals surface area contributed by atoms with Crippen molar-refractivity contribution in [2.75, 3.05) is 37.2 Å². The second kappa shape index (κ2) is 9.05. The maximum absolute atomic E-state index is 12.6. The van der Waals surface area contributed by atoms with Crippen LogP contribution in [0.1, 0.15) is 49.4 Å². The molecule has 2 amide bonds. The molecule has 2 aliphatic rings. The van der Waals surface area contributed by atoms with Crippen LogP contribution in [0.5, 0.6) is 0 Å². The van der Waals surface area contributed by atoms with E-state index >= 15 is 0 Å². The molecule has 2 aliphatic heterocycles. The summed E-state index contributed by atoms with van der Waals surface area (Å²) in [4.78, 5) is 26.9. The first kappa shape index (κ1) is 20.8. The zero-order valence-corrected chi connectivity index (χ0v) is 17.2. The van der Waals surface area contributed by atoms with Crippen LogP contribution in [0.15, 0.2) is 24.3 Å². The zero-order valence-electron chi connectivity index (χ0n) is 16.4. The Morgan fingerprint density at radius 1 is 1.07 bits per heavy atom. The predicted molar refractivity (Wildman–Crippen MR) is 109 cm³/mol. The van der Waals surface area contributed by atoms with Gasteiger partial charge in [0.25, 0.3) is 5.91 Å². The molecule has 1 aromatic carbocycles. The summed E-state index contributed by atoms with van der Waals surface area (Å²) < 4.78 is 26.0. The van der Waals surface area contributed by atoms with E-state index in [1.54, 1.807) is 24.3 Å². The highest BCUT2D eigenvalue weighted by Crippen LogP contribution is 2.22. The van der Waals surface area contributed by atoms with Crippen molar-refractivity contribution in [3.05, 3.63) is 29.8 Å². The summed E-state index contributed by atoms with van der Waals surface area (Å²) in [5, 5.41) is 2.87. The molecule has 8 heteroatoms. The molecular formula is C20H29N3O4S. The normalized spacial score (nSPS) is 20.9. The monoisotopic (exact) mass is 407 g/mol. The molecule has 2 fully saturated rings. The van der Waals surface area contributed by atoms with Gasteiger partial charge in [-0.3, -0.25) is 9.59 Å². The Balaban J connectivity index is 1.59. The van der Waals surface area contributed by atoms with Crippen LogP contribution in [0, 0.1) is 5.92 Å². The lowest BCUT2D eigenvalue weighted by Gasteiger charge is -2.31. The van der Waals surface area contributed by atoms with E-state index in [1.165, 1.54) is 4.31 Å². The van der Waals surface area contributed by atoms with E-state index < -0.39 is 10.0 Å². The Morgan fingerprint density at radius 3 is 2.39 bits per heavy atom. The second-order valence-electron chi connectivity index (χ2n) is 7.58. The lowest BCUT2D eigenvalue weighted by molar-refractivity contribution is -0.120. The topological polar surface area (TPSA) is 86.8 Å². The van der Waals surface area contributed by atoms with Crippen molar-refractivity contribution < 1.29 is 18.0 Å². The molecule has 1 aromatic rings. The molecule has 154 valence electrons. The van der Waals surface area contributed by atoms with Crippen LogP contribution in [0.2, 0.25) is 0 Å². The minimum absolute atomic E-state index is 0.0272. The van der Waals surface area contributed by atoms with Crippen molar-refractivity contribution in [2.45, 2.75) is 39.0 Å². The fourth-order valence-corrected chi connectivity index (χ4v) is 5.43. The van der Waals surface area contributed by atoms with Crippen LogP contribution >= 0.6 is 0 Å². The summed E-state index contributed by atoms with van der Waals surface area (Å²) in [7, 11) is -3.28. The van der Waals surface area contributed by atoms with Gasteiger partial charge >= 0.3 is 0 Å². The molecule has 28 heavy (non-hydrogen) atoms. The summed E-state index contributed by atoms with van der Waals surface area (Å²) in [6.45, 7) is 4.16. The number of sulfonamides is 1. The third-order valence-electron chi connectivity index (χ3n) is 5.40. The smallest absolute Gasteiger partial charge is 0.253 e. The number of hydrogen-bond acceptors (Lipinski definition) is 4. The number of nitrogens with zero attached hydrogens (tertiary/aromatic N) is 2. The Kier molecular flexibility index (Phi) is 6.72. The quantitative estimate of drug-likeness (QED) is 0.784. The number of benzene rings is 1. The van der Waals surface area contributed by atoms with Gasteiger partial charge in [0, 0.05) is 37.4 Å². The molecule has 0 bridgehead atoms. The third-order valence-corrected chi connectivity index (χ3v) is 7.45. The molecule has 1 unspecified atom stereocenters. The van der Waals surface area contributed by atoms with Gasteiger partial charge in [-0.2, -0.15) is 0 Å². The lowest BCUT2D eigenvalue weighted by atomic mass is 9.98. The molecule has 0 spiro atoms. The van der Waals surface area contributed by atoms with Crippen molar-refractivity contribution >= 4 is 27.5 Å². The summed E-state index contributed by atoms with van der Waals surface area (Å²) in [5.74, 6) is -0.380. The number of nitrogens with one attached hydrogen (secondary N) is 1. The first-order chi connectivity index (χ1) is 13.4. The molecule has 0 aliphatic carbocycles. The van der Waals surface area contributed by atoms with Crippen LogP contribution in [0.4, 0.5) is 5.69 Å². The van der Waals surface area contributed by atoms with Crippen LogP contribution in [0.3, 0.4) is 0 Å². The van der Waals surface area contributed by atoms with Crippen LogP contribution in [-0.2, 0) is 14.8 Å². The minimum atomic E-state index is -3.28. The first-order valence-corrected chi connectivity index (χ1v) is 11.7. The summed E-state index contributed by atoms with van der Waals surface area (Å²) >= 11 is 0. The molecule has 0 radical (unpaired) electrons.